The van der Waals surface area contributed by atoms with Gasteiger partial charge in [-0.05, 0) is 45.8 Å². The molecule has 35 heavy (non-hydrogen) atoms. The molecule has 1 heterocycles. The molecule has 0 aromatic heterocycles. The summed E-state index contributed by atoms with van der Waals surface area (Å²) in [5.74, 6) is -0.911. The van der Waals surface area contributed by atoms with E-state index in [0.29, 0.717) is 24.2 Å². The van der Waals surface area contributed by atoms with Crippen LogP contribution in [0.15, 0.2) is 77.4 Å². The number of carbonyl (C=O) groups is 2. The van der Waals surface area contributed by atoms with Gasteiger partial charge >= 0.3 is 0 Å². The van der Waals surface area contributed by atoms with Gasteiger partial charge in [0.2, 0.25) is 5.91 Å². The molecule has 7 heteroatoms. The summed E-state index contributed by atoms with van der Waals surface area (Å²) in [5.41, 5.74) is 2.45. The van der Waals surface area contributed by atoms with Gasteiger partial charge in [-0.25, -0.2) is 0 Å². The van der Waals surface area contributed by atoms with Gasteiger partial charge in [0, 0.05) is 67.8 Å². The van der Waals surface area contributed by atoms with Crippen LogP contribution >= 0.6 is 0 Å². The highest BCUT2D eigenvalue weighted by atomic mass is 16.3. The fourth-order valence-corrected chi connectivity index (χ4v) is 3.87. The first-order valence-corrected chi connectivity index (χ1v) is 12.2. The second kappa shape index (κ2) is 15.7. The van der Waals surface area contributed by atoms with Gasteiger partial charge < -0.3 is 20.6 Å². The lowest BCUT2D eigenvalue weighted by atomic mass is 9.92. The second-order valence-electron chi connectivity index (χ2n) is 8.62. The Morgan fingerprint density at radius 2 is 2.11 bits per heavy atom. The minimum absolute atomic E-state index is 0.0521. The van der Waals surface area contributed by atoms with Crippen molar-refractivity contribution in [3.05, 3.63) is 72.4 Å². The van der Waals surface area contributed by atoms with E-state index >= 15 is 0 Å². The van der Waals surface area contributed by atoms with E-state index in [1.54, 1.807) is 32.5 Å². The number of aliphatic hydroxyl groups is 1. The molecule has 0 saturated heterocycles. The number of allylic oxidation sites excluding steroid dienone is 6. The number of nitrogens with zero attached hydrogens (tertiary/aromatic N) is 2. The number of carbonyl (C=O) groups excluding carboxylic acids is 2. The highest BCUT2D eigenvalue weighted by molar-refractivity contribution is 6.01. The van der Waals surface area contributed by atoms with Crippen LogP contribution in [-0.2, 0) is 9.59 Å². The van der Waals surface area contributed by atoms with Gasteiger partial charge in [0.25, 0.3) is 0 Å². The van der Waals surface area contributed by atoms with Crippen molar-refractivity contribution in [2.75, 3.05) is 20.1 Å². The normalized spacial score (nSPS) is 22.0. The molecule has 0 saturated carbocycles. The zero-order valence-corrected chi connectivity index (χ0v) is 21.9. The lowest BCUT2D eigenvalue weighted by Crippen LogP contribution is -2.39. The fourth-order valence-electron chi connectivity index (χ4n) is 3.87. The van der Waals surface area contributed by atoms with Gasteiger partial charge in [-0.1, -0.05) is 38.3 Å². The van der Waals surface area contributed by atoms with Crippen LogP contribution in [0.2, 0.25) is 0 Å². The van der Waals surface area contributed by atoms with Crippen LogP contribution in [0.1, 0.15) is 47.0 Å². The third kappa shape index (κ3) is 9.53. The Labute approximate surface area is 210 Å². The van der Waals surface area contributed by atoms with Crippen LogP contribution in [0.3, 0.4) is 0 Å². The van der Waals surface area contributed by atoms with E-state index in [9.17, 15) is 14.7 Å². The Morgan fingerprint density at radius 1 is 1.40 bits per heavy atom. The first kappa shape index (κ1) is 29.8. The summed E-state index contributed by atoms with van der Waals surface area (Å²) in [6, 6.07) is 0. The molecule has 0 fully saturated rings. The Hall–Kier alpha value is -3.19. The lowest BCUT2D eigenvalue weighted by molar-refractivity contribution is -0.137. The molecule has 1 aliphatic rings. The molecule has 1 rings (SSSR count). The molecule has 3 unspecified atom stereocenters. The van der Waals surface area contributed by atoms with Crippen LogP contribution in [0.25, 0.3) is 0 Å². The number of rotatable bonds is 11. The number of amides is 1. The molecular formula is C28H42N4O3. The van der Waals surface area contributed by atoms with E-state index in [2.05, 4.69) is 35.7 Å². The first-order valence-electron chi connectivity index (χ1n) is 12.2. The zero-order valence-electron chi connectivity index (χ0n) is 21.9. The molecular weight excluding hydrogens is 440 g/mol. The number of aliphatic hydroxyl groups excluding tert-OH is 1. The van der Waals surface area contributed by atoms with Gasteiger partial charge in [-0.3, -0.25) is 14.6 Å². The van der Waals surface area contributed by atoms with E-state index in [4.69, 9.17) is 0 Å². The standard InChI is InChI=1S/C28H42N4O3/c1-8-12-13-24(10-3)31-26-21(6)25(34)18-23(28(35)32(7)19-20(5)33)15-17-30-27(26)22(9-2)14-16-29-11-4/h8,10-14,16,20,22-23,30-31,33H,3,6,9,15,17-19H2,1-2,4-5,7H3/b12-8-,16-14-,24-13+,27-26+,29-11-. The SMILES string of the molecule is C=C/C(=C\C=C/C)N/C1=C(\C(/C=C\N=C/C)CC)NCCC(C(=O)N(C)CC(C)O)CC(=O)C1=C. The molecule has 0 aliphatic carbocycles. The third-order valence-electron chi connectivity index (χ3n) is 5.73. The smallest absolute Gasteiger partial charge is 0.226 e. The first-order chi connectivity index (χ1) is 16.7. The summed E-state index contributed by atoms with van der Waals surface area (Å²) < 4.78 is 0. The minimum Gasteiger partial charge on any atom is -0.392 e. The Balaban J connectivity index is 3.48. The molecule has 7 nitrogen and oxygen atoms in total. The highest BCUT2D eigenvalue weighted by Gasteiger charge is 2.30. The maximum atomic E-state index is 13.4. The average molecular weight is 483 g/mol. The minimum atomic E-state index is -0.641. The van der Waals surface area contributed by atoms with Crippen molar-refractivity contribution in [3.8, 4) is 0 Å². The Bertz CT molecular complexity index is 909. The number of nitrogens with one attached hydrogen (secondary N) is 2. The topological polar surface area (TPSA) is 94.0 Å². The number of hydrogen-bond acceptors (Lipinski definition) is 6. The maximum Gasteiger partial charge on any atom is 0.226 e. The van der Waals surface area contributed by atoms with Gasteiger partial charge in [0.05, 0.1) is 11.8 Å². The van der Waals surface area contributed by atoms with Crippen LogP contribution in [-0.4, -0.2) is 54.2 Å². The molecule has 3 N–H and O–H groups in total. The molecule has 1 amide bonds. The molecule has 0 aromatic rings. The summed E-state index contributed by atoms with van der Waals surface area (Å²) in [5, 5.41) is 16.5. The van der Waals surface area contributed by atoms with E-state index in [0.717, 1.165) is 17.8 Å². The summed E-state index contributed by atoms with van der Waals surface area (Å²) in [6.45, 7) is 16.2. The van der Waals surface area contributed by atoms with E-state index in [1.807, 2.05) is 38.2 Å². The number of ketones is 1. The monoisotopic (exact) mass is 482 g/mol. The van der Waals surface area contributed by atoms with Crippen molar-refractivity contribution in [1.29, 1.82) is 0 Å². The van der Waals surface area contributed by atoms with Gasteiger partial charge in [-0.15, -0.1) is 0 Å². The predicted molar refractivity (Wildman–Crippen MR) is 145 cm³/mol. The Kier molecular flexibility index (Phi) is 13.4. The average Bonchev–Trinajstić information content (AvgIpc) is 2.88. The van der Waals surface area contributed by atoms with Crippen molar-refractivity contribution in [2.45, 2.75) is 53.1 Å². The van der Waals surface area contributed by atoms with Gasteiger partial charge in [0.1, 0.15) is 0 Å². The third-order valence-corrected chi connectivity index (χ3v) is 5.73. The molecule has 0 aromatic carbocycles. The van der Waals surface area contributed by atoms with Crippen LogP contribution in [0.5, 0.6) is 0 Å². The van der Waals surface area contributed by atoms with Crippen molar-refractivity contribution in [1.82, 2.24) is 15.5 Å². The summed E-state index contributed by atoms with van der Waals surface area (Å²) in [6.07, 6.45) is 13.5. The van der Waals surface area contributed by atoms with Crippen molar-refractivity contribution >= 4 is 17.9 Å². The second-order valence-corrected chi connectivity index (χ2v) is 8.62. The maximum absolute atomic E-state index is 13.4. The summed E-state index contributed by atoms with van der Waals surface area (Å²) >= 11 is 0. The van der Waals surface area contributed by atoms with Crippen molar-refractivity contribution in [3.63, 3.8) is 0 Å². The number of Topliss-reactive ketones (excluding diaryl/α,β-unsaturated/α-hetero) is 1. The number of hydrogen-bond donors (Lipinski definition) is 3. The molecule has 1 aliphatic heterocycles. The van der Waals surface area contributed by atoms with E-state index < -0.39 is 12.0 Å². The predicted octanol–water partition coefficient (Wildman–Crippen LogP) is 4.03. The zero-order chi connectivity index (χ0) is 26.4. The fraction of sp³-hybridized carbons (Fsp3) is 0.464. The highest BCUT2D eigenvalue weighted by Crippen LogP contribution is 2.27. The van der Waals surface area contributed by atoms with Crippen molar-refractivity contribution < 1.29 is 14.7 Å². The molecule has 3 atom stereocenters. The van der Waals surface area contributed by atoms with Gasteiger partial charge in [-0.2, -0.15) is 0 Å². The molecule has 0 spiro atoms. The van der Waals surface area contributed by atoms with Gasteiger partial charge in [0.15, 0.2) is 5.78 Å². The lowest BCUT2D eigenvalue weighted by Gasteiger charge is -2.24. The molecule has 0 radical (unpaired) electrons. The summed E-state index contributed by atoms with van der Waals surface area (Å²) in [4.78, 5) is 32.1. The van der Waals surface area contributed by atoms with Crippen LogP contribution in [0.4, 0.5) is 0 Å². The van der Waals surface area contributed by atoms with Crippen LogP contribution < -0.4 is 10.6 Å². The van der Waals surface area contributed by atoms with E-state index in [1.165, 1.54) is 4.90 Å². The Morgan fingerprint density at radius 3 is 2.69 bits per heavy atom. The molecule has 0 bridgehead atoms. The largest absolute Gasteiger partial charge is 0.392 e. The summed E-state index contributed by atoms with van der Waals surface area (Å²) in [7, 11) is 1.65. The number of aliphatic imine (C=N–C) groups is 1. The van der Waals surface area contributed by atoms with Crippen molar-refractivity contribution in [2.24, 2.45) is 16.8 Å². The van der Waals surface area contributed by atoms with Crippen LogP contribution in [0, 0.1) is 11.8 Å². The van der Waals surface area contributed by atoms with E-state index in [-0.39, 0.29) is 30.6 Å². The quantitative estimate of drug-likeness (QED) is 0.235. The molecule has 192 valence electrons. The number of likely N-dealkylation sites (N-methyl/N-ethyl adjacent to an activating group) is 1.